The molecule has 1 aromatic carbocycles. The highest BCUT2D eigenvalue weighted by Gasteiger charge is 2.10. The standard InChI is InChI=1S/C17H25N3O/c1-4-12-18-13(3)6-11-16-19-17(20-21-16)15-9-7-14(5-2)8-10-15/h7-10,13,18H,4-6,11-12H2,1-3H3. The Bertz CT molecular complexity index is 533. The van der Waals surface area contributed by atoms with Gasteiger partial charge >= 0.3 is 0 Å². The smallest absolute Gasteiger partial charge is 0.227 e. The van der Waals surface area contributed by atoms with E-state index in [2.05, 4.69) is 60.5 Å². The molecule has 114 valence electrons. The van der Waals surface area contributed by atoms with Crippen molar-refractivity contribution in [1.82, 2.24) is 15.5 Å². The molecule has 0 aliphatic heterocycles. The Hall–Kier alpha value is -1.68. The molecule has 0 bridgehead atoms. The first-order chi connectivity index (χ1) is 10.2. The number of nitrogens with one attached hydrogen (secondary N) is 1. The topological polar surface area (TPSA) is 51.0 Å². The third-order valence-electron chi connectivity index (χ3n) is 3.62. The molecule has 0 saturated carbocycles. The van der Waals surface area contributed by atoms with E-state index >= 15 is 0 Å². The average molecular weight is 287 g/mol. The van der Waals surface area contributed by atoms with Crippen molar-refractivity contribution in [2.24, 2.45) is 0 Å². The van der Waals surface area contributed by atoms with Gasteiger partial charge in [0.2, 0.25) is 11.7 Å². The highest BCUT2D eigenvalue weighted by molar-refractivity contribution is 5.54. The van der Waals surface area contributed by atoms with Crippen LogP contribution >= 0.6 is 0 Å². The Morgan fingerprint density at radius 3 is 2.62 bits per heavy atom. The van der Waals surface area contributed by atoms with Gasteiger partial charge in [-0.2, -0.15) is 4.98 Å². The van der Waals surface area contributed by atoms with Crippen molar-refractivity contribution in [2.45, 2.75) is 52.5 Å². The second-order valence-electron chi connectivity index (χ2n) is 5.46. The van der Waals surface area contributed by atoms with E-state index in [9.17, 15) is 0 Å². The van der Waals surface area contributed by atoms with Crippen LogP contribution < -0.4 is 5.32 Å². The zero-order valence-corrected chi connectivity index (χ0v) is 13.2. The van der Waals surface area contributed by atoms with E-state index in [1.54, 1.807) is 0 Å². The third kappa shape index (κ3) is 4.67. The Balaban J connectivity index is 1.91. The lowest BCUT2D eigenvalue weighted by atomic mass is 10.1. The van der Waals surface area contributed by atoms with Crippen LogP contribution in [0.4, 0.5) is 0 Å². The van der Waals surface area contributed by atoms with Crippen molar-refractivity contribution in [3.05, 3.63) is 35.7 Å². The molecule has 21 heavy (non-hydrogen) atoms. The molecule has 0 spiro atoms. The van der Waals surface area contributed by atoms with E-state index in [0.29, 0.717) is 11.9 Å². The molecule has 0 saturated heterocycles. The predicted molar refractivity (Wildman–Crippen MR) is 85.2 cm³/mol. The zero-order chi connectivity index (χ0) is 15.1. The average Bonchev–Trinajstić information content (AvgIpc) is 3.00. The highest BCUT2D eigenvalue weighted by atomic mass is 16.5. The summed E-state index contributed by atoms with van der Waals surface area (Å²) >= 11 is 0. The SMILES string of the molecule is CCCNC(C)CCc1nc(-c2ccc(CC)cc2)no1. The lowest BCUT2D eigenvalue weighted by Gasteiger charge is -2.10. The maximum atomic E-state index is 5.34. The first-order valence-electron chi connectivity index (χ1n) is 7.88. The van der Waals surface area contributed by atoms with Gasteiger partial charge in [0.25, 0.3) is 0 Å². The number of aryl methyl sites for hydroxylation is 2. The molecule has 2 rings (SSSR count). The summed E-state index contributed by atoms with van der Waals surface area (Å²) in [6, 6.07) is 8.81. The van der Waals surface area contributed by atoms with Crippen LogP contribution in [0.15, 0.2) is 28.8 Å². The van der Waals surface area contributed by atoms with Crippen LogP contribution in [-0.4, -0.2) is 22.7 Å². The minimum absolute atomic E-state index is 0.476. The fraction of sp³-hybridized carbons (Fsp3) is 0.529. The maximum Gasteiger partial charge on any atom is 0.227 e. The van der Waals surface area contributed by atoms with Crippen molar-refractivity contribution in [3.8, 4) is 11.4 Å². The second kappa shape index (κ2) is 7.93. The van der Waals surface area contributed by atoms with Crippen LogP contribution in [0, 0.1) is 0 Å². The lowest BCUT2D eigenvalue weighted by Crippen LogP contribution is -2.27. The molecule has 4 nitrogen and oxygen atoms in total. The van der Waals surface area contributed by atoms with Gasteiger partial charge in [0.15, 0.2) is 0 Å². The Kier molecular flexibility index (Phi) is 5.93. The predicted octanol–water partition coefficient (Wildman–Crippen LogP) is 3.62. The summed E-state index contributed by atoms with van der Waals surface area (Å²) < 4.78 is 5.34. The number of hydrogen-bond donors (Lipinski definition) is 1. The number of benzene rings is 1. The molecular weight excluding hydrogens is 262 g/mol. The normalized spacial score (nSPS) is 12.5. The van der Waals surface area contributed by atoms with Crippen molar-refractivity contribution in [1.29, 1.82) is 0 Å². The fourth-order valence-electron chi connectivity index (χ4n) is 2.20. The molecule has 0 fully saturated rings. The van der Waals surface area contributed by atoms with E-state index in [0.717, 1.165) is 43.7 Å². The van der Waals surface area contributed by atoms with Crippen LogP contribution in [-0.2, 0) is 12.8 Å². The Labute approximate surface area is 127 Å². The summed E-state index contributed by atoms with van der Waals surface area (Å²) in [6.45, 7) is 7.57. The minimum Gasteiger partial charge on any atom is -0.339 e. The Morgan fingerprint density at radius 1 is 1.19 bits per heavy atom. The summed E-state index contributed by atoms with van der Waals surface area (Å²) in [4.78, 5) is 4.48. The summed E-state index contributed by atoms with van der Waals surface area (Å²) in [5.41, 5.74) is 2.33. The van der Waals surface area contributed by atoms with Crippen molar-refractivity contribution >= 4 is 0 Å². The minimum atomic E-state index is 0.476. The molecule has 0 aliphatic carbocycles. The van der Waals surface area contributed by atoms with Crippen LogP contribution in [0.2, 0.25) is 0 Å². The van der Waals surface area contributed by atoms with Crippen LogP contribution in [0.5, 0.6) is 0 Å². The van der Waals surface area contributed by atoms with Crippen LogP contribution in [0.25, 0.3) is 11.4 Å². The summed E-state index contributed by atoms with van der Waals surface area (Å²) in [5, 5.41) is 7.54. The molecule has 1 aromatic heterocycles. The van der Waals surface area contributed by atoms with Gasteiger partial charge in [-0.25, -0.2) is 0 Å². The fourth-order valence-corrected chi connectivity index (χ4v) is 2.20. The monoisotopic (exact) mass is 287 g/mol. The molecule has 0 aliphatic rings. The van der Waals surface area contributed by atoms with Gasteiger partial charge < -0.3 is 9.84 Å². The van der Waals surface area contributed by atoms with Crippen molar-refractivity contribution < 1.29 is 4.52 Å². The molecule has 1 atom stereocenters. The second-order valence-corrected chi connectivity index (χ2v) is 5.46. The van der Waals surface area contributed by atoms with E-state index in [4.69, 9.17) is 4.52 Å². The summed E-state index contributed by atoms with van der Waals surface area (Å²) in [5.74, 6) is 1.40. The van der Waals surface area contributed by atoms with Gasteiger partial charge in [-0.3, -0.25) is 0 Å². The molecule has 0 radical (unpaired) electrons. The van der Waals surface area contributed by atoms with Crippen molar-refractivity contribution in [2.75, 3.05) is 6.54 Å². The van der Waals surface area contributed by atoms with Gasteiger partial charge in [-0.05, 0) is 38.3 Å². The maximum absolute atomic E-state index is 5.34. The molecule has 0 amide bonds. The number of nitrogens with zero attached hydrogens (tertiary/aromatic N) is 2. The van der Waals surface area contributed by atoms with Gasteiger partial charge in [-0.1, -0.05) is 43.3 Å². The summed E-state index contributed by atoms with van der Waals surface area (Å²) in [6.07, 6.45) is 4.03. The Morgan fingerprint density at radius 2 is 1.95 bits per heavy atom. The van der Waals surface area contributed by atoms with E-state index in [1.807, 2.05) is 0 Å². The third-order valence-corrected chi connectivity index (χ3v) is 3.62. The number of rotatable bonds is 8. The zero-order valence-electron chi connectivity index (χ0n) is 13.2. The van der Waals surface area contributed by atoms with E-state index in [1.165, 1.54) is 5.56 Å². The van der Waals surface area contributed by atoms with Crippen LogP contribution in [0.1, 0.15) is 45.1 Å². The lowest BCUT2D eigenvalue weighted by molar-refractivity contribution is 0.367. The van der Waals surface area contributed by atoms with Gasteiger partial charge in [0.05, 0.1) is 0 Å². The molecule has 2 aromatic rings. The van der Waals surface area contributed by atoms with Gasteiger partial charge in [-0.15, -0.1) is 0 Å². The first kappa shape index (κ1) is 15.7. The van der Waals surface area contributed by atoms with Crippen LogP contribution in [0.3, 0.4) is 0 Å². The van der Waals surface area contributed by atoms with Gasteiger partial charge in [0.1, 0.15) is 0 Å². The molecule has 1 N–H and O–H groups in total. The molecule has 1 heterocycles. The van der Waals surface area contributed by atoms with E-state index < -0.39 is 0 Å². The largest absolute Gasteiger partial charge is 0.339 e. The molecule has 1 unspecified atom stereocenters. The molecular formula is C17H25N3O. The quantitative estimate of drug-likeness (QED) is 0.805. The van der Waals surface area contributed by atoms with Gasteiger partial charge in [0, 0.05) is 18.0 Å². The van der Waals surface area contributed by atoms with E-state index in [-0.39, 0.29) is 0 Å². The van der Waals surface area contributed by atoms with Crippen molar-refractivity contribution in [3.63, 3.8) is 0 Å². The summed E-state index contributed by atoms with van der Waals surface area (Å²) in [7, 11) is 0. The highest BCUT2D eigenvalue weighted by Crippen LogP contribution is 2.17. The number of hydrogen-bond acceptors (Lipinski definition) is 4. The molecule has 4 heteroatoms. The number of aromatic nitrogens is 2. The first-order valence-corrected chi connectivity index (χ1v) is 7.88.